The molecule has 0 aliphatic carbocycles. The first-order valence-electron chi connectivity index (χ1n) is 9.50. The molecule has 0 radical (unpaired) electrons. The van der Waals surface area contributed by atoms with Crippen LogP contribution >= 0.6 is 22.7 Å². The Kier molecular flexibility index (Phi) is 6.01. The highest BCUT2D eigenvalue weighted by Gasteiger charge is 2.29. The van der Waals surface area contributed by atoms with E-state index in [2.05, 4.69) is 52.8 Å². The number of hydrogen-bond donors (Lipinski definition) is 1. The van der Waals surface area contributed by atoms with Crippen molar-refractivity contribution >= 4 is 33.7 Å². The van der Waals surface area contributed by atoms with Gasteiger partial charge in [-0.3, -0.25) is 4.79 Å². The normalized spacial score (nSPS) is 13.0. The summed E-state index contributed by atoms with van der Waals surface area (Å²) in [4.78, 5) is 15.1. The predicted molar refractivity (Wildman–Crippen MR) is 120 cm³/mol. The highest BCUT2D eigenvalue weighted by Crippen LogP contribution is 2.40. The van der Waals surface area contributed by atoms with Gasteiger partial charge in [-0.1, -0.05) is 60.2 Å². The van der Waals surface area contributed by atoms with E-state index in [-0.39, 0.29) is 17.6 Å². The number of rotatable bonds is 6. The molecule has 1 amide bonds. The number of amides is 1. The van der Waals surface area contributed by atoms with Crippen molar-refractivity contribution in [2.45, 2.75) is 19.8 Å². The van der Waals surface area contributed by atoms with Crippen LogP contribution in [0.25, 0.3) is 10.4 Å². The molecule has 1 N–H and O–H groups in total. The molecule has 0 saturated carbocycles. The minimum atomic E-state index is -0.430. The van der Waals surface area contributed by atoms with Crippen molar-refractivity contribution in [1.29, 1.82) is 0 Å². The number of halogens is 1. The first kappa shape index (κ1) is 20.4. The average molecular weight is 438 g/mol. The molecule has 4 aromatic rings. The summed E-state index contributed by atoms with van der Waals surface area (Å²) in [5.74, 6) is -1.20. The highest BCUT2D eigenvalue weighted by molar-refractivity contribution is 7.15. The van der Waals surface area contributed by atoms with Gasteiger partial charge in [0.2, 0.25) is 11.0 Å². The number of aromatic nitrogens is 2. The van der Waals surface area contributed by atoms with Crippen LogP contribution in [0.1, 0.15) is 28.8 Å². The zero-order valence-electron chi connectivity index (χ0n) is 16.5. The summed E-state index contributed by atoms with van der Waals surface area (Å²) in [7, 11) is 0. The van der Waals surface area contributed by atoms with Crippen LogP contribution in [0.4, 0.5) is 9.52 Å². The minimum absolute atomic E-state index is 0.175. The molecular weight excluding hydrogens is 417 g/mol. The van der Waals surface area contributed by atoms with Gasteiger partial charge in [-0.25, -0.2) is 4.39 Å². The van der Waals surface area contributed by atoms with Crippen molar-refractivity contribution in [1.82, 2.24) is 10.2 Å². The van der Waals surface area contributed by atoms with E-state index in [1.54, 1.807) is 22.9 Å². The summed E-state index contributed by atoms with van der Waals surface area (Å²) in [6, 6.07) is 18.9. The Morgan fingerprint density at radius 3 is 2.60 bits per heavy atom. The molecule has 4 nitrogen and oxygen atoms in total. The van der Waals surface area contributed by atoms with Gasteiger partial charge in [0.15, 0.2) is 0 Å². The Bertz CT molecular complexity index is 1140. The molecule has 2 aromatic heterocycles. The lowest BCUT2D eigenvalue weighted by atomic mass is 9.85. The van der Waals surface area contributed by atoms with Gasteiger partial charge in [-0.15, -0.1) is 21.5 Å². The van der Waals surface area contributed by atoms with Crippen LogP contribution in [0.2, 0.25) is 0 Å². The molecule has 0 aliphatic heterocycles. The van der Waals surface area contributed by atoms with Crippen LogP contribution in [0, 0.1) is 18.7 Å². The monoisotopic (exact) mass is 437 g/mol. The van der Waals surface area contributed by atoms with Gasteiger partial charge in [-0.2, -0.15) is 0 Å². The van der Waals surface area contributed by atoms with E-state index in [0.29, 0.717) is 5.13 Å². The molecule has 152 valence electrons. The highest BCUT2D eigenvalue weighted by atomic mass is 32.1. The molecule has 2 aromatic carbocycles. The molecule has 0 saturated heterocycles. The molecule has 0 spiro atoms. The van der Waals surface area contributed by atoms with E-state index in [4.69, 9.17) is 0 Å². The Morgan fingerprint density at radius 2 is 1.90 bits per heavy atom. The third-order valence-corrected chi connectivity index (χ3v) is 6.80. The molecule has 30 heavy (non-hydrogen) atoms. The van der Waals surface area contributed by atoms with E-state index < -0.39 is 5.92 Å². The number of hydrogen-bond acceptors (Lipinski definition) is 5. The first-order chi connectivity index (χ1) is 14.5. The summed E-state index contributed by atoms with van der Waals surface area (Å²) < 4.78 is 14.0. The molecule has 0 bridgehead atoms. The molecule has 1 unspecified atom stereocenters. The van der Waals surface area contributed by atoms with Crippen LogP contribution in [0.3, 0.4) is 0 Å². The third kappa shape index (κ3) is 4.47. The van der Waals surface area contributed by atoms with Crippen molar-refractivity contribution in [2.24, 2.45) is 5.92 Å². The summed E-state index contributed by atoms with van der Waals surface area (Å²) >= 11 is 2.89. The predicted octanol–water partition coefficient (Wildman–Crippen LogP) is 6.12. The number of carbonyl (C=O) groups excluding carboxylic acids is 1. The molecule has 0 aliphatic rings. The molecule has 2 atom stereocenters. The van der Waals surface area contributed by atoms with Gasteiger partial charge in [0.05, 0.1) is 0 Å². The molecule has 0 fully saturated rings. The maximum atomic E-state index is 14.0. The van der Waals surface area contributed by atoms with E-state index in [9.17, 15) is 9.18 Å². The number of benzene rings is 2. The van der Waals surface area contributed by atoms with Crippen LogP contribution in [-0.2, 0) is 4.79 Å². The zero-order chi connectivity index (χ0) is 21.1. The van der Waals surface area contributed by atoms with Crippen molar-refractivity contribution < 1.29 is 9.18 Å². The van der Waals surface area contributed by atoms with Gasteiger partial charge in [0, 0.05) is 21.6 Å². The van der Waals surface area contributed by atoms with Crippen LogP contribution < -0.4 is 5.32 Å². The maximum absolute atomic E-state index is 14.0. The first-order valence-corrected chi connectivity index (χ1v) is 11.2. The van der Waals surface area contributed by atoms with Gasteiger partial charge in [0.1, 0.15) is 11.3 Å². The Balaban J connectivity index is 1.69. The number of nitrogens with zero attached hydrogens (tertiary/aromatic N) is 2. The lowest BCUT2D eigenvalue weighted by molar-refractivity contribution is -0.119. The standard InChI is InChI=1S/C23H20FN3OS2/c1-14-6-8-16(9-7-14)19-10-11-20(30-19)21(17-4-3-5-18(24)12-17)15(2)22(28)26-23-27-25-13-29-23/h3-13,15,21H,1-2H3,(H,26,27,28)/t15?,21-/m1/s1. The number of anilines is 1. The van der Waals surface area contributed by atoms with E-state index in [0.717, 1.165) is 20.9 Å². The van der Waals surface area contributed by atoms with Crippen LogP contribution in [0.15, 0.2) is 66.2 Å². The second kappa shape index (κ2) is 8.85. The lowest BCUT2D eigenvalue weighted by Gasteiger charge is -2.22. The van der Waals surface area contributed by atoms with Gasteiger partial charge >= 0.3 is 0 Å². The van der Waals surface area contributed by atoms with Crippen LogP contribution in [-0.4, -0.2) is 16.1 Å². The molecule has 2 heterocycles. The topological polar surface area (TPSA) is 54.9 Å². The van der Waals surface area contributed by atoms with E-state index in [1.165, 1.54) is 29.0 Å². The fraction of sp³-hybridized carbons (Fsp3) is 0.174. The van der Waals surface area contributed by atoms with Gasteiger partial charge in [-0.05, 0) is 42.3 Å². The fourth-order valence-electron chi connectivity index (χ4n) is 3.39. The summed E-state index contributed by atoms with van der Waals surface area (Å²) in [5.41, 5.74) is 4.67. The second-order valence-corrected chi connectivity index (χ2v) is 9.07. The van der Waals surface area contributed by atoms with Crippen LogP contribution in [0.5, 0.6) is 0 Å². The third-order valence-electron chi connectivity index (χ3n) is 4.98. The number of aryl methyl sites for hydroxylation is 1. The molecule has 7 heteroatoms. The Labute approximate surface area is 182 Å². The van der Waals surface area contributed by atoms with Crippen molar-refractivity contribution in [3.8, 4) is 10.4 Å². The minimum Gasteiger partial charge on any atom is -0.300 e. The average Bonchev–Trinajstić information content (AvgIpc) is 3.41. The summed E-state index contributed by atoms with van der Waals surface area (Å²) in [6.07, 6.45) is 0. The number of carbonyl (C=O) groups is 1. The van der Waals surface area contributed by atoms with Crippen molar-refractivity contribution in [3.05, 3.63) is 88.0 Å². The summed E-state index contributed by atoms with van der Waals surface area (Å²) in [5, 5.41) is 10.9. The van der Waals surface area contributed by atoms with E-state index >= 15 is 0 Å². The largest absolute Gasteiger partial charge is 0.300 e. The zero-order valence-corrected chi connectivity index (χ0v) is 18.1. The molecule has 4 rings (SSSR count). The molecular formula is C23H20FN3OS2. The van der Waals surface area contributed by atoms with Gasteiger partial charge < -0.3 is 5.32 Å². The maximum Gasteiger partial charge on any atom is 0.230 e. The van der Waals surface area contributed by atoms with E-state index in [1.807, 2.05) is 19.1 Å². The lowest BCUT2D eigenvalue weighted by Crippen LogP contribution is -2.26. The Morgan fingerprint density at radius 1 is 1.10 bits per heavy atom. The smallest absolute Gasteiger partial charge is 0.230 e. The Hall–Kier alpha value is -2.90. The second-order valence-electron chi connectivity index (χ2n) is 7.12. The quantitative estimate of drug-likeness (QED) is 0.395. The number of thiophene rings is 1. The van der Waals surface area contributed by atoms with Gasteiger partial charge in [0.25, 0.3) is 0 Å². The van der Waals surface area contributed by atoms with Crippen molar-refractivity contribution in [3.63, 3.8) is 0 Å². The SMILES string of the molecule is Cc1ccc(-c2ccc([C@@H](c3cccc(F)c3)C(C)C(=O)Nc3nncs3)s2)cc1. The van der Waals surface area contributed by atoms with Crippen molar-refractivity contribution in [2.75, 3.05) is 5.32 Å². The fourth-order valence-corrected chi connectivity index (χ4v) is 5.09. The number of nitrogens with one attached hydrogen (secondary N) is 1. The summed E-state index contributed by atoms with van der Waals surface area (Å²) in [6.45, 7) is 3.92.